The topological polar surface area (TPSA) is 46.5 Å². The fourth-order valence-corrected chi connectivity index (χ4v) is 2.77. The molecule has 0 amide bonds. The molecule has 2 rings (SSSR count). The van der Waals surface area contributed by atoms with Gasteiger partial charge in [-0.3, -0.25) is 0 Å². The average molecular weight is 582 g/mol. The zero-order chi connectivity index (χ0) is 30.2. The Morgan fingerprint density at radius 1 is 0.718 bits per heavy atom. The minimum absolute atomic E-state index is 0.00479. The van der Waals surface area contributed by atoms with Crippen molar-refractivity contribution in [1.82, 2.24) is 0 Å². The summed E-state index contributed by atoms with van der Waals surface area (Å²) < 4.78 is 155. The van der Waals surface area contributed by atoms with E-state index in [1.165, 1.54) is 6.92 Å². The Morgan fingerprint density at radius 2 is 1.13 bits per heavy atom. The van der Waals surface area contributed by atoms with Crippen LogP contribution in [0.25, 0.3) is 12.2 Å². The van der Waals surface area contributed by atoms with Crippen LogP contribution in [0.15, 0.2) is 48.6 Å². The number of alkyl halides is 12. The number of hydrogen-bond acceptors (Lipinski definition) is 3. The highest BCUT2D eigenvalue weighted by molar-refractivity contribution is 5.87. The number of benzene rings is 2. The first kappa shape index (κ1) is 33.5. The van der Waals surface area contributed by atoms with Crippen LogP contribution in [0, 0.1) is 0 Å². The molecule has 1 N–H and O–H groups in total. The molecule has 0 unspecified atom stereocenters. The van der Waals surface area contributed by atoms with Crippen LogP contribution in [0.5, 0.6) is 0 Å². The highest BCUT2D eigenvalue weighted by Gasteiger charge is 2.38. The summed E-state index contributed by atoms with van der Waals surface area (Å²) in [5.74, 6) is -0.884. The second-order valence-corrected chi connectivity index (χ2v) is 7.27. The van der Waals surface area contributed by atoms with Gasteiger partial charge in [0.2, 0.25) is 0 Å². The molecule has 0 radical (unpaired) electrons. The molecule has 0 aliphatic rings. The lowest BCUT2D eigenvalue weighted by molar-refractivity contribution is -0.144. The number of rotatable bonds is 5. The van der Waals surface area contributed by atoms with Crippen LogP contribution in [0.1, 0.15) is 40.3 Å². The lowest BCUT2D eigenvalue weighted by atomic mass is 10.0. The van der Waals surface area contributed by atoms with Crippen LogP contribution in [0.3, 0.4) is 0 Å². The standard InChI is InChI=1S/C13H10F6O2.C11H8F6O/c1-2-21-11(20)6-4-8-3-5-9(12(14,15)16)7-10(8)13(17,18)19;12-10(13,14)8-4-3-7(2-1-5-18)9(6-8)11(15,16)17/h3-7H,2H2,1H3;1-4,6,18H,5H2/b6-4+;2-1+. The molecule has 3 nitrogen and oxygen atoms in total. The Kier molecular flexibility index (Phi) is 11.2. The molecule has 0 bridgehead atoms. The van der Waals surface area contributed by atoms with E-state index >= 15 is 0 Å². The lowest BCUT2D eigenvalue weighted by Gasteiger charge is -2.14. The van der Waals surface area contributed by atoms with E-state index in [-0.39, 0.29) is 18.7 Å². The van der Waals surface area contributed by atoms with E-state index in [0.29, 0.717) is 18.2 Å². The summed E-state index contributed by atoms with van der Waals surface area (Å²) in [5.41, 5.74) is -6.62. The molecule has 216 valence electrons. The Balaban J connectivity index is 0.000000395. The van der Waals surface area contributed by atoms with E-state index in [9.17, 15) is 57.5 Å². The molecule has 0 saturated heterocycles. The predicted molar refractivity (Wildman–Crippen MR) is 115 cm³/mol. The van der Waals surface area contributed by atoms with Gasteiger partial charge in [0.05, 0.1) is 35.5 Å². The summed E-state index contributed by atoms with van der Waals surface area (Å²) in [7, 11) is 0. The number of aliphatic hydroxyl groups excluding tert-OH is 1. The third kappa shape index (κ3) is 10.7. The predicted octanol–water partition coefficient (Wildman–Crippen LogP) is 8.03. The Hall–Kier alpha value is -3.49. The van der Waals surface area contributed by atoms with Crippen molar-refractivity contribution in [1.29, 1.82) is 0 Å². The zero-order valence-corrected chi connectivity index (χ0v) is 19.5. The molecule has 0 saturated carbocycles. The molecule has 2 aromatic rings. The summed E-state index contributed by atoms with van der Waals surface area (Å²) in [4.78, 5) is 11.0. The van der Waals surface area contributed by atoms with Crippen molar-refractivity contribution in [3.8, 4) is 0 Å². The van der Waals surface area contributed by atoms with Crippen molar-refractivity contribution in [2.45, 2.75) is 31.6 Å². The third-order valence-corrected chi connectivity index (χ3v) is 4.46. The minimum Gasteiger partial charge on any atom is -0.463 e. The van der Waals surface area contributed by atoms with Crippen molar-refractivity contribution in [2.24, 2.45) is 0 Å². The number of ether oxygens (including phenoxy) is 1. The molecule has 39 heavy (non-hydrogen) atoms. The van der Waals surface area contributed by atoms with Gasteiger partial charge in [0.1, 0.15) is 0 Å². The Morgan fingerprint density at radius 3 is 1.46 bits per heavy atom. The van der Waals surface area contributed by atoms with Gasteiger partial charge in [0.15, 0.2) is 0 Å². The van der Waals surface area contributed by atoms with Crippen LogP contribution in [-0.4, -0.2) is 24.3 Å². The van der Waals surface area contributed by atoms with Crippen molar-refractivity contribution in [2.75, 3.05) is 13.2 Å². The van der Waals surface area contributed by atoms with Crippen LogP contribution >= 0.6 is 0 Å². The van der Waals surface area contributed by atoms with Crippen molar-refractivity contribution >= 4 is 18.1 Å². The Labute approximate surface area is 213 Å². The highest BCUT2D eigenvalue weighted by atomic mass is 19.4. The van der Waals surface area contributed by atoms with Crippen LogP contribution < -0.4 is 0 Å². The largest absolute Gasteiger partial charge is 0.463 e. The van der Waals surface area contributed by atoms with Gasteiger partial charge in [0, 0.05) is 6.08 Å². The van der Waals surface area contributed by atoms with E-state index in [1.54, 1.807) is 0 Å². The fourth-order valence-electron chi connectivity index (χ4n) is 2.77. The van der Waals surface area contributed by atoms with Gasteiger partial charge in [-0.25, -0.2) is 4.79 Å². The number of esters is 1. The second kappa shape index (κ2) is 13.0. The lowest BCUT2D eigenvalue weighted by Crippen LogP contribution is -2.12. The number of carbonyl (C=O) groups is 1. The van der Waals surface area contributed by atoms with E-state index in [1.807, 2.05) is 0 Å². The molecular weight excluding hydrogens is 564 g/mol. The average Bonchev–Trinajstić information content (AvgIpc) is 2.79. The Bertz CT molecular complexity index is 1170. The van der Waals surface area contributed by atoms with Gasteiger partial charge >= 0.3 is 30.7 Å². The first-order chi connectivity index (χ1) is 17.7. The molecule has 0 aromatic heterocycles. The van der Waals surface area contributed by atoms with Gasteiger partial charge < -0.3 is 9.84 Å². The summed E-state index contributed by atoms with van der Waals surface area (Å²) >= 11 is 0. The molecule has 0 atom stereocenters. The van der Waals surface area contributed by atoms with E-state index in [2.05, 4.69) is 4.74 Å². The maximum Gasteiger partial charge on any atom is 0.417 e. The molecular formula is C24H18F12O3. The van der Waals surface area contributed by atoms with Crippen LogP contribution in [0.4, 0.5) is 52.7 Å². The van der Waals surface area contributed by atoms with Crippen molar-refractivity contribution in [3.63, 3.8) is 0 Å². The zero-order valence-electron chi connectivity index (χ0n) is 19.5. The summed E-state index contributed by atoms with van der Waals surface area (Å²) in [6, 6.07) is 2.51. The van der Waals surface area contributed by atoms with Gasteiger partial charge in [-0.05, 0) is 48.4 Å². The summed E-state index contributed by atoms with van der Waals surface area (Å²) in [6.07, 6.45) is -16.2. The van der Waals surface area contributed by atoms with Crippen LogP contribution in [-0.2, 0) is 34.2 Å². The second-order valence-electron chi connectivity index (χ2n) is 7.27. The normalized spacial score (nSPS) is 13.0. The van der Waals surface area contributed by atoms with E-state index in [4.69, 9.17) is 5.11 Å². The molecule has 0 fully saturated rings. The maximum absolute atomic E-state index is 12.8. The quantitative estimate of drug-likeness (QED) is 0.221. The molecule has 15 heteroatoms. The minimum atomic E-state index is -4.98. The number of halogens is 12. The number of hydrogen-bond donors (Lipinski definition) is 1. The highest BCUT2D eigenvalue weighted by Crippen LogP contribution is 2.39. The smallest absolute Gasteiger partial charge is 0.417 e. The monoisotopic (exact) mass is 582 g/mol. The molecule has 2 aromatic carbocycles. The molecule has 0 aliphatic heterocycles. The number of carbonyl (C=O) groups excluding carboxylic acids is 1. The fraction of sp³-hybridized carbons (Fsp3) is 0.292. The summed E-state index contributed by atoms with van der Waals surface area (Å²) in [6.45, 7) is 1.03. The first-order valence-corrected chi connectivity index (χ1v) is 10.4. The van der Waals surface area contributed by atoms with Gasteiger partial charge in [-0.1, -0.05) is 24.3 Å². The van der Waals surface area contributed by atoms with E-state index < -0.39 is 70.7 Å². The summed E-state index contributed by atoms with van der Waals surface area (Å²) in [5, 5.41) is 8.46. The van der Waals surface area contributed by atoms with Crippen molar-refractivity contribution < 1.29 is 67.3 Å². The third-order valence-electron chi connectivity index (χ3n) is 4.46. The molecule has 0 spiro atoms. The number of aliphatic hydroxyl groups is 1. The van der Waals surface area contributed by atoms with Gasteiger partial charge in [-0.2, -0.15) is 52.7 Å². The SMILES string of the molecule is CCOC(=O)/C=C/c1ccc(C(F)(F)F)cc1C(F)(F)F.OC/C=C/c1ccc(C(F)(F)F)cc1C(F)(F)F. The first-order valence-electron chi connectivity index (χ1n) is 10.4. The van der Waals surface area contributed by atoms with Gasteiger partial charge in [-0.15, -0.1) is 0 Å². The van der Waals surface area contributed by atoms with Crippen molar-refractivity contribution in [3.05, 3.63) is 81.9 Å². The van der Waals surface area contributed by atoms with Gasteiger partial charge in [0.25, 0.3) is 0 Å². The van der Waals surface area contributed by atoms with E-state index in [0.717, 1.165) is 30.4 Å². The van der Waals surface area contributed by atoms with Crippen LogP contribution in [0.2, 0.25) is 0 Å². The molecule has 0 aliphatic carbocycles. The molecule has 0 heterocycles. The maximum atomic E-state index is 12.8.